The van der Waals surface area contributed by atoms with Gasteiger partial charge in [-0.3, -0.25) is 9.59 Å². The van der Waals surface area contributed by atoms with E-state index in [4.69, 9.17) is 11.6 Å². The van der Waals surface area contributed by atoms with Gasteiger partial charge in [0, 0.05) is 16.4 Å². The van der Waals surface area contributed by atoms with Crippen LogP contribution < -0.4 is 10.6 Å². The van der Waals surface area contributed by atoms with Crippen LogP contribution in [-0.4, -0.2) is 23.3 Å². The number of halogens is 1. The molecule has 0 saturated heterocycles. The number of thioether (sulfide) groups is 1. The number of hydrogen-bond donors (Lipinski definition) is 2. The van der Waals surface area contributed by atoms with Gasteiger partial charge in [0.15, 0.2) is 0 Å². The molecule has 24 heavy (non-hydrogen) atoms. The van der Waals surface area contributed by atoms with Crippen LogP contribution in [0.1, 0.15) is 12.5 Å². The Balaban J connectivity index is 1.74. The standard InChI is InChI=1S/C18H19ClN2O2S/c1-2-13-5-3-4-6-16(13)21-18(23)12-24-11-17(22)20-15-9-7-14(19)8-10-15/h3-10H,2,11-12H2,1H3,(H,20,22)(H,21,23). The lowest BCUT2D eigenvalue weighted by Gasteiger charge is -2.09. The normalized spacial score (nSPS) is 10.2. The lowest BCUT2D eigenvalue weighted by molar-refractivity contribution is -0.114. The van der Waals surface area contributed by atoms with Crippen LogP contribution in [0.25, 0.3) is 0 Å². The van der Waals surface area contributed by atoms with Crippen molar-refractivity contribution in [3.05, 3.63) is 59.1 Å². The number of hydrogen-bond acceptors (Lipinski definition) is 3. The van der Waals surface area contributed by atoms with Crippen LogP contribution in [0, 0.1) is 0 Å². The minimum atomic E-state index is -0.149. The fourth-order valence-electron chi connectivity index (χ4n) is 2.10. The lowest BCUT2D eigenvalue weighted by atomic mass is 10.1. The Morgan fingerprint density at radius 3 is 2.25 bits per heavy atom. The predicted octanol–water partition coefficient (Wildman–Crippen LogP) is 4.21. The van der Waals surface area contributed by atoms with Crippen LogP contribution in [-0.2, 0) is 16.0 Å². The number of carbonyl (C=O) groups is 2. The summed E-state index contributed by atoms with van der Waals surface area (Å²) in [5.41, 5.74) is 2.61. The molecule has 126 valence electrons. The molecule has 0 aliphatic rings. The van der Waals surface area contributed by atoms with Gasteiger partial charge in [-0.2, -0.15) is 0 Å². The molecular weight excluding hydrogens is 344 g/mol. The molecule has 0 saturated carbocycles. The molecule has 0 aliphatic heterocycles. The van der Waals surface area contributed by atoms with E-state index in [1.165, 1.54) is 11.8 Å². The number of carbonyl (C=O) groups excluding carboxylic acids is 2. The second-order valence-corrected chi connectivity index (χ2v) is 6.53. The molecule has 0 bridgehead atoms. The molecule has 0 radical (unpaired) electrons. The molecule has 2 rings (SSSR count). The fourth-order valence-corrected chi connectivity index (χ4v) is 2.85. The topological polar surface area (TPSA) is 58.2 Å². The molecule has 2 N–H and O–H groups in total. The van der Waals surface area contributed by atoms with E-state index in [0.29, 0.717) is 10.7 Å². The highest BCUT2D eigenvalue weighted by atomic mass is 35.5. The molecule has 0 spiro atoms. The third-order valence-electron chi connectivity index (χ3n) is 3.27. The quantitative estimate of drug-likeness (QED) is 0.775. The Hall–Kier alpha value is -1.98. The highest BCUT2D eigenvalue weighted by Crippen LogP contribution is 2.16. The zero-order valence-electron chi connectivity index (χ0n) is 13.3. The molecule has 0 atom stereocenters. The summed E-state index contributed by atoms with van der Waals surface area (Å²) < 4.78 is 0. The van der Waals surface area contributed by atoms with Crippen molar-refractivity contribution >= 4 is 46.6 Å². The van der Waals surface area contributed by atoms with Crippen molar-refractivity contribution < 1.29 is 9.59 Å². The predicted molar refractivity (Wildman–Crippen MR) is 102 cm³/mol. The highest BCUT2D eigenvalue weighted by molar-refractivity contribution is 8.00. The van der Waals surface area contributed by atoms with E-state index in [0.717, 1.165) is 17.7 Å². The highest BCUT2D eigenvalue weighted by Gasteiger charge is 2.08. The van der Waals surface area contributed by atoms with Crippen LogP contribution in [0.15, 0.2) is 48.5 Å². The summed E-state index contributed by atoms with van der Waals surface area (Å²) in [7, 11) is 0. The Bertz CT molecular complexity index is 704. The number of para-hydroxylation sites is 1. The summed E-state index contributed by atoms with van der Waals surface area (Å²) in [6.07, 6.45) is 0.854. The van der Waals surface area contributed by atoms with Gasteiger partial charge in [-0.05, 0) is 42.3 Å². The van der Waals surface area contributed by atoms with Crippen molar-refractivity contribution in [3.63, 3.8) is 0 Å². The third kappa shape index (κ3) is 5.91. The maximum atomic E-state index is 12.0. The summed E-state index contributed by atoms with van der Waals surface area (Å²) in [5.74, 6) is 0.182. The Morgan fingerprint density at radius 2 is 1.58 bits per heavy atom. The summed E-state index contributed by atoms with van der Waals surface area (Å²) in [6, 6.07) is 14.6. The van der Waals surface area contributed by atoms with Crippen molar-refractivity contribution in [3.8, 4) is 0 Å². The van der Waals surface area contributed by atoms with Crippen LogP contribution in [0.5, 0.6) is 0 Å². The summed E-state index contributed by atoms with van der Waals surface area (Å²) in [5, 5.41) is 6.26. The van der Waals surface area contributed by atoms with E-state index in [2.05, 4.69) is 10.6 Å². The molecule has 6 heteroatoms. The number of rotatable bonds is 7. The molecule has 0 aliphatic carbocycles. The maximum Gasteiger partial charge on any atom is 0.234 e. The average Bonchev–Trinajstić information content (AvgIpc) is 2.57. The molecular formula is C18H19ClN2O2S. The van der Waals surface area contributed by atoms with Gasteiger partial charge in [-0.25, -0.2) is 0 Å². The van der Waals surface area contributed by atoms with Crippen LogP contribution >= 0.6 is 23.4 Å². The van der Waals surface area contributed by atoms with E-state index in [9.17, 15) is 9.59 Å². The minimum Gasteiger partial charge on any atom is -0.325 e. The first-order chi connectivity index (χ1) is 11.6. The maximum absolute atomic E-state index is 12.0. The molecule has 0 unspecified atom stereocenters. The number of aryl methyl sites for hydroxylation is 1. The van der Waals surface area contributed by atoms with E-state index in [1.807, 2.05) is 31.2 Å². The second kappa shape index (κ2) is 9.35. The number of nitrogens with one attached hydrogen (secondary N) is 2. The second-order valence-electron chi connectivity index (χ2n) is 5.11. The molecule has 2 aromatic carbocycles. The number of amides is 2. The van der Waals surface area contributed by atoms with E-state index >= 15 is 0 Å². The zero-order valence-corrected chi connectivity index (χ0v) is 14.9. The Kier molecular flexibility index (Phi) is 7.15. The van der Waals surface area contributed by atoms with Gasteiger partial charge in [0.1, 0.15) is 0 Å². The zero-order chi connectivity index (χ0) is 17.4. The fraction of sp³-hybridized carbons (Fsp3) is 0.222. The van der Waals surface area contributed by atoms with Crippen molar-refractivity contribution in [2.75, 3.05) is 22.1 Å². The van der Waals surface area contributed by atoms with Gasteiger partial charge >= 0.3 is 0 Å². The average molecular weight is 363 g/mol. The first-order valence-corrected chi connectivity index (χ1v) is 9.12. The first-order valence-electron chi connectivity index (χ1n) is 7.59. The van der Waals surface area contributed by atoms with Crippen LogP contribution in [0.4, 0.5) is 11.4 Å². The molecule has 0 heterocycles. The van der Waals surface area contributed by atoms with Gasteiger partial charge in [-0.15, -0.1) is 11.8 Å². The molecule has 0 fully saturated rings. The van der Waals surface area contributed by atoms with Crippen LogP contribution in [0.3, 0.4) is 0 Å². The number of anilines is 2. The van der Waals surface area contributed by atoms with Crippen molar-refractivity contribution in [2.45, 2.75) is 13.3 Å². The molecule has 2 amide bonds. The van der Waals surface area contributed by atoms with Gasteiger partial charge in [0.05, 0.1) is 11.5 Å². The summed E-state index contributed by atoms with van der Waals surface area (Å²) >= 11 is 7.07. The summed E-state index contributed by atoms with van der Waals surface area (Å²) in [4.78, 5) is 23.8. The molecule has 0 aromatic heterocycles. The van der Waals surface area contributed by atoms with Gasteiger partial charge in [0.25, 0.3) is 0 Å². The third-order valence-corrected chi connectivity index (χ3v) is 4.45. The van der Waals surface area contributed by atoms with Crippen molar-refractivity contribution in [2.24, 2.45) is 0 Å². The summed E-state index contributed by atoms with van der Waals surface area (Å²) in [6.45, 7) is 2.04. The van der Waals surface area contributed by atoms with Gasteiger partial charge in [0.2, 0.25) is 11.8 Å². The largest absolute Gasteiger partial charge is 0.325 e. The molecule has 4 nitrogen and oxygen atoms in total. The van der Waals surface area contributed by atoms with Gasteiger partial charge < -0.3 is 10.6 Å². The van der Waals surface area contributed by atoms with E-state index in [1.54, 1.807) is 24.3 Å². The Morgan fingerprint density at radius 1 is 0.958 bits per heavy atom. The number of benzene rings is 2. The molecule has 2 aromatic rings. The lowest BCUT2D eigenvalue weighted by Crippen LogP contribution is -2.19. The first kappa shape index (κ1) is 18.4. The van der Waals surface area contributed by atoms with Crippen molar-refractivity contribution in [1.29, 1.82) is 0 Å². The Labute approximate surface area is 151 Å². The smallest absolute Gasteiger partial charge is 0.234 e. The van der Waals surface area contributed by atoms with Gasteiger partial charge in [-0.1, -0.05) is 36.7 Å². The van der Waals surface area contributed by atoms with Crippen LogP contribution in [0.2, 0.25) is 5.02 Å². The monoisotopic (exact) mass is 362 g/mol. The van der Waals surface area contributed by atoms with E-state index in [-0.39, 0.29) is 23.3 Å². The SMILES string of the molecule is CCc1ccccc1NC(=O)CSCC(=O)Nc1ccc(Cl)cc1. The minimum absolute atomic E-state index is 0.111. The van der Waals surface area contributed by atoms with Crippen molar-refractivity contribution in [1.82, 2.24) is 0 Å². The van der Waals surface area contributed by atoms with E-state index < -0.39 is 0 Å².